The number of primary amides is 1. The van der Waals surface area contributed by atoms with Crippen molar-refractivity contribution in [1.29, 1.82) is 0 Å². The van der Waals surface area contributed by atoms with Gasteiger partial charge in [-0.2, -0.15) is 0 Å². The number of aromatic nitrogens is 6. The first-order valence-corrected chi connectivity index (χ1v) is 14.4. The lowest BCUT2D eigenvalue weighted by Gasteiger charge is -2.36. The number of amides is 2. The number of urea groups is 1. The molecule has 1 aliphatic rings. The van der Waals surface area contributed by atoms with Gasteiger partial charge in [0.1, 0.15) is 5.69 Å². The molecular weight excluding hydrogens is 554 g/mol. The summed E-state index contributed by atoms with van der Waals surface area (Å²) in [6, 6.07) is 13.1. The molecule has 0 aliphatic carbocycles. The van der Waals surface area contributed by atoms with Gasteiger partial charge < -0.3 is 15.7 Å². The number of benzene rings is 2. The highest BCUT2D eigenvalue weighted by molar-refractivity contribution is 7.23. The van der Waals surface area contributed by atoms with E-state index in [-0.39, 0.29) is 0 Å². The highest BCUT2D eigenvalue weighted by Gasteiger charge is 2.37. The van der Waals surface area contributed by atoms with Crippen LogP contribution in [0.3, 0.4) is 0 Å². The Bertz CT molecular complexity index is 1760. The normalized spacial score (nSPS) is 14.7. The van der Waals surface area contributed by atoms with Crippen LogP contribution in [0.25, 0.3) is 38.3 Å². The second kappa shape index (κ2) is 10.8. The van der Waals surface area contributed by atoms with Crippen LogP contribution in [-0.4, -0.2) is 66.7 Å². The summed E-state index contributed by atoms with van der Waals surface area (Å²) >= 11 is 1.37. The number of piperidine rings is 1. The smallest absolute Gasteiger partial charge is 0.321 e. The number of nitrogens with two attached hydrogens (primary N) is 1. The molecule has 0 bridgehead atoms. The quantitative estimate of drug-likeness (QED) is 0.280. The molecule has 1 saturated heterocycles. The van der Waals surface area contributed by atoms with Crippen molar-refractivity contribution in [2.75, 3.05) is 29.4 Å². The van der Waals surface area contributed by atoms with E-state index in [1.807, 2.05) is 60.5 Å². The molecule has 3 N–H and O–H groups in total. The minimum absolute atomic E-state index is 0.388. The molecule has 13 heteroatoms. The van der Waals surface area contributed by atoms with Gasteiger partial charge in [0, 0.05) is 43.2 Å². The summed E-state index contributed by atoms with van der Waals surface area (Å²) in [5.41, 5.74) is 9.53. The summed E-state index contributed by atoms with van der Waals surface area (Å²) in [6.07, 6.45) is 6.44. The van der Waals surface area contributed by atoms with Crippen LogP contribution in [0.2, 0.25) is 0 Å². The number of para-hydroxylation sites is 1. The van der Waals surface area contributed by atoms with Gasteiger partial charge in [-0.25, -0.2) is 24.4 Å². The second-order valence-corrected chi connectivity index (χ2v) is 11.4. The fourth-order valence-electron chi connectivity index (χ4n) is 5.02. The van der Waals surface area contributed by atoms with Gasteiger partial charge in [-0.05, 0) is 56.5 Å². The number of carbonyl (C=O) groups is 2. The first-order chi connectivity index (χ1) is 20.3. The van der Waals surface area contributed by atoms with E-state index in [1.54, 1.807) is 24.0 Å². The monoisotopic (exact) mass is 583 g/mol. The van der Waals surface area contributed by atoms with Crippen LogP contribution in [0.5, 0.6) is 0 Å². The summed E-state index contributed by atoms with van der Waals surface area (Å²) in [6.45, 7) is 5.17. The van der Waals surface area contributed by atoms with Crippen molar-refractivity contribution >= 4 is 44.6 Å². The van der Waals surface area contributed by atoms with Crippen molar-refractivity contribution in [2.24, 2.45) is 11.1 Å². The molecule has 0 spiro atoms. The van der Waals surface area contributed by atoms with Crippen molar-refractivity contribution in [1.82, 2.24) is 29.9 Å². The summed E-state index contributed by atoms with van der Waals surface area (Å²) in [7, 11) is 0. The van der Waals surface area contributed by atoms with Crippen LogP contribution in [0.15, 0.2) is 61.1 Å². The SMILES string of the molecule is CCN(C(N)=O)c1nc2cc(-c3cnc(N4CCC(C)(C(=O)O)CC4)nc3)cc(-c3cn(-c4ccccc4)nn3)c2s1. The molecule has 1 aliphatic heterocycles. The Labute approximate surface area is 245 Å². The average molecular weight is 584 g/mol. The van der Waals surface area contributed by atoms with Crippen molar-refractivity contribution in [3.8, 4) is 28.1 Å². The maximum Gasteiger partial charge on any atom is 0.321 e. The van der Waals surface area contributed by atoms with Crippen LogP contribution >= 0.6 is 11.3 Å². The summed E-state index contributed by atoms with van der Waals surface area (Å²) in [4.78, 5) is 41.1. The maximum absolute atomic E-state index is 12.1. The third-order valence-electron chi connectivity index (χ3n) is 7.72. The lowest BCUT2D eigenvalue weighted by Crippen LogP contribution is -2.43. The van der Waals surface area contributed by atoms with E-state index in [0.29, 0.717) is 54.8 Å². The fourth-order valence-corrected chi connectivity index (χ4v) is 6.16. The molecule has 3 aromatic heterocycles. The molecule has 214 valence electrons. The summed E-state index contributed by atoms with van der Waals surface area (Å²) < 4.78 is 2.56. The van der Waals surface area contributed by atoms with Crippen LogP contribution in [0.1, 0.15) is 26.7 Å². The lowest BCUT2D eigenvalue weighted by molar-refractivity contribution is -0.149. The number of aliphatic carboxylic acids is 1. The number of rotatable bonds is 7. The molecule has 5 aromatic rings. The van der Waals surface area contributed by atoms with E-state index in [9.17, 15) is 14.7 Å². The molecule has 1 fully saturated rings. The van der Waals surface area contributed by atoms with Gasteiger partial charge in [0.15, 0.2) is 5.13 Å². The Morgan fingerprint density at radius 3 is 2.45 bits per heavy atom. The molecule has 0 radical (unpaired) electrons. The zero-order chi connectivity index (χ0) is 29.4. The molecular formula is C29H29N9O3S. The van der Waals surface area contributed by atoms with E-state index in [2.05, 4.69) is 20.3 Å². The first kappa shape index (κ1) is 27.3. The number of nitrogens with zero attached hydrogens (tertiary/aromatic N) is 8. The number of hydrogen-bond donors (Lipinski definition) is 2. The Kier molecular flexibility index (Phi) is 7.02. The molecule has 0 atom stereocenters. The molecule has 42 heavy (non-hydrogen) atoms. The third kappa shape index (κ3) is 5.02. The zero-order valence-electron chi connectivity index (χ0n) is 23.1. The molecule has 2 aromatic carbocycles. The molecule has 2 amide bonds. The fraction of sp³-hybridized carbons (Fsp3) is 0.276. The van der Waals surface area contributed by atoms with E-state index in [1.165, 1.54) is 16.2 Å². The zero-order valence-corrected chi connectivity index (χ0v) is 24.0. The van der Waals surface area contributed by atoms with Gasteiger partial charge in [0.05, 0.1) is 27.5 Å². The van der Waals surface area contributed by atoms with Gasteiger partial charge >= 0.3 is 12.0 Å². The molecule has 6 rings (SSSR count). The standard InChI is InChI=1S/C29H29N9O3S/c1-3-37(26(30)41)28-33-22-14-18(19-15-31-27(32-16-19)36-11-9-29(2,10-12-36)25(39)40)13-21(24(22)42-28)23-17-38(35-34-23)20-7-5-4-6-8-20/h4-8,13-17H,3,9-12H2,1-2H3,(H2,30,41)(H,39,40). The topological polar surface area (TPSA) is 156 Å². The second-order valence-electron chi connectivity index (χ2n) is 10.5. The maximum atomic E-state index is 12.1. The van der Waals surface area contributed by atoms with Crippen LogP contribution in [0.4, 0.5) is 15.9 Å². The molecule has 4 heterocycles. The highest BCUT2D eigenvalue weighted by atomic mass is 32.1. The Balaban J connectivity index is 1.38. The number of hydrogen-bond acceptors (Lipinski definition) is 9. The number of carboxylic acid groups (broad SMARTS) is 1. The predicted molar refractivity (Wildman–Crippen MR) is 161 cm³/mol. The van der Waals surface area contributed by atoms with Crippen molar-refractivity contribution in [2.45, 2.75) is 26.7 Å². The first-order valence-electron chi connectivity index (χ1n) is 13.6. The number of carbonyl (C=O) groups excluding carboxylic acids is 1. The number of thiazole rings is 1. The third-order valence-corrected chi connectivity index (χ3v) is 8.85. The minimum Gasteiger partial charge on any atom is -0.481 e. The van der Waals surface area contributed by atoms with E-state index in [0.717, 1.165) is 27.1 Å². The number of fused-ring (bicyclic) bond motifs is 1. The van der Waals surface area contributed by atoms with Gasteiger partial charge in [-0.1, -0.05) is 34.7 Å². The Hall–Kier alpha value is -4.91. The van der Waals surface area contributed by atoms with E-state index >= 15 is 0 Å². The lowest BCUT2D eigenvalue weighted by atomic mass is 9.80. The van der Waals surface area contributed by atoms with Crippen LogP contribution in [0, 0.1) is 5.41 Å². The van der Waals surface area contributed by atoms with Gasteiger partial charge in [-0.15, -0.1) is 5.10 Å². The molecule has 0 unspecified atom stereocenters. The van der Waals surface area contributed by atoms with Crippen molar-refractivity contribution < 1.29 is 14.7 Å². The summed E-state index contributed by atoms with van der Waals surface area (Å²) in [5, 5.41) is 18.8. The van der Waals surface area contributed by atoms with Crippen molar-refractivity contribution in [3.05, 3.63) is 61.1 Å². The van der Waals surface area contributed by atoms with Gasteiger partial charge in [-0.3, -0.25) is 9.69 Å². The van der Waals surface area contributed by atoms with Crippen molar-refractivity contribution in [3.63, 3.8) is 0 Å². The van der Waals surface area contributed by atoms with E-state index in [4.69, 9.17) is 10.7 Å². The minimum atomic E-state index is -0.767. The Morgan fingerprint density at radius 1 is 1.10 bits per heavy atom. The Morgan fingerprint density at radius 2 is 1.81 bits per heavy atom. The van der Waals surface area contributed by atoms with Gasteiger partial charge in [0.2, 0.25) is 5.95 Å². The van der Waals surface area contributed by atoms with E-state index < -0.39 is 17.4 Å². The van der Waals surface area contributed by atoms with Crippen LogP contribution < -0.4 is 15.5 Å². The highest BCUT2D eigenvalue weighted by Crippen LogP contribution is 2.39. The summed E-state index contributed by atoms with van der Waals surface area (Å²) in [5.74, 6) is -0.203. The number of anilines is 2. The predicted octanol–water partition coefficient (Wildman–Crippen LogP) is 4.60. The van der Waals surface area contributed by atoms with Gasteiger partial charge in [0.25, 0.3) is 0 Å². The largest absolute Gasteiger partial charge is 0.481 e. The average Bonchev–Trinajstić information content (AvgIpc) is 3.66. The van der Waals surface area contributed by atoms with Crippen LogP contribution in [-0.2, 0) is 4.79 Å². The molecule has 0 saturated carbocycles. The number of carboxylic acids is 1. The molecule has 12 nitrogen and oxygen atoms in total.